The van der Waals surface area contributed by atoms with Gasteiger partial charge in [-0.25, -0.2) is 0 Å². The van der Waals surface area contributed by atoms with Crippen molar-refractivity contribution in [3.63, 3.8) is 0 Å². The van der Waals surface area contributed by atoms with Gasteiger partial charge < -0.3 is 10.0 Å². The van der Waals surface area contributed by atoms with Crippen molar-refractivity contribution in [1.29, 1.82) is 0 Å². The summed E-state index contributed by atoms with van der Waals surface area (Å²) >= 11 is 0. The highest BCUT2D eigenvalue weighted by atomic mass is 16.4. The minimum absolute atomic E-state index is 0.0718. The minimum Gasteiger partial charge on any atom is -0.481 e. The fourth-order valence-electron chi connectivity index (χ4n) is 2.89. The second-order valence-electron chi connectivity index (χ2n) is 6.13. The molecule has 4 nitrogen and oxygen atoms in total. The Hall–Kier alpha value is -1.06. The molecule has 1 fully saturated rings. The molecule has 1 amide bonds. The van der Waals surface area contributed by atoms with Gasteiger partial charge >= 0.3 is 5.97 Å². The molecule has 0 aromatic carbocycles. The number of rotatable bonds is 5. The molecule has 0 bridgehead atoms. The zero-order valence-electron chi connectivity index (χ0n) is 11.9. The molecular weight excluding hydrogens is 230 g/mol. The Morgan fingerprint density at radius 2 is 1.83 bits per heavy atom. The normalized spacial score (nSPS) is 18.7. The lowest BCUT2D eigenvalue weighted by atomic mass is 9.76. The van der Waals surface area contributed by atoms with Crippen LogP contribution in [0.5, 0.6) is 0 Å². The van der Waals surface area contributed by atoms with Crippen molar-refractivity contribution < 1.29 is 14.7 Å². The van der Waals surface area contributed by atoms with Gasteiger partial charge in [0, 0.05) is 19.0 Å². The molecule has 0 aromatic heterocycles. The molecule has 1 aliphatic rings. The van der Waals surface area contributed by atoms with Gasteiger partial charge in [-0.2, -0.15) is 0 Å². The standard InChI is InChI=1S/C14H25NO3/c1-10(12(16)17)9-15(4)13(18)14(2,3)11-7-5-6-8-11/h10-11H,5-9H2,1-4H3,(H,16,17). The van der Waals surface area contributed by atoms with Crippen LogP contribution in [0.15, 0.2) is 0 Å². The number of amides is 1. The first-order chi connectivity index (χ1) is 8.26. The fourth-order valence-corrected chi connectivity index (χ4v) is 2.89. The molecule has 0 heterocycles. The minimum atomic E-state index is -0.853. The van der Waals surface area contributed by atoms with Crippen LogP contribution in [0.25, 0.3) is 0 Å². The number of aliphatic carboxylic acids is 1. The van der Waals surface area contributed by atoms with Crippen LogP contribution in [0.4, 0.5) is 0 Å². The summed E-state index contributed by atoms with van der Waals surface area (Å²) in [5.41, 5.74) is -0.372. The molecule has 0 spiro atoms. The van der Waals surface area contributed by atoms with Gasteiger partial charge in [-0.05, 0) is 18.8 Å². The van der Waals surface area contributed by atoms with E-state index in [0.29, 0.717) is 5.92 Å². The molecule has 4 heteroatoms. The number of carboxylic acids is 1. The summed E-state index contributed by atoms with van der Waals surface area (Å²) in [6.07, 6.45) is 4.63. The summed E-state index contributed by atoms with van der Waals surface area (Å²) < 4.78 is 0. The molecule has 1 aliphatic carbocycles. The smallest absolute Gasteiger partial charge is 0.308 e. The van der Waals surface area contributed by atoms with E-state index < -0.39 is 11.9 Å². The maximum absolute atomic E-state index is 12.4. The van der Waals surface area contributed by atoms with Gasteiger partial charge in [0.25, 0.3) is 0 Å². The highest BCUT2D eigenvalue weighted by Gasteiger charge is 2.40. The molecule has 1 N–H and O–H groups in total. The Morgan fingerprint density at radius 3 is 2.28 bits per heavy atom. The van der Waals surface area contributed by atoms with E-state index in [2.05, 4.69) is 0 Å². The van der Waals surface area contributed by atoms with Gasteiger partial charge in [-0.15, -0.1) is 0 Å². The average molecular weight is 255 g/mol. The second kappa shape index (κ2) is 5.72. The van der Waals surface area contributed by atoms with Crippen molar-refractivity contribution in [2.75, 3.05) is 13.6 Å². The van der Waals surface area contributed by atoms with Crippen molar-refractivity contribution in [2.45, 2.75) is 46.5 Å². The highest BCUT2D eigenvalue weighted by Crippen LogP contribution is 2.40. The van der Waals surface area contributed by atoms with Crippen LogP contribution in [0.3, 0.4) is 0 Å². The SMILES string of the molecule is CC(CN(C)C(=O)C(C)(C)C1CCCC1)C(=O)O. The Balaban J connectivity index is 2.64. The van der Waals surface area contributed by atoms with E-state index in [1.54, 1.807) is 18.9 Å². The molecule has 18 heavy (non-hydrogen) atoms. The third-order valence-electron chi connectivity index (χ3n) is 4.24. The molecule has 0 aromatic rings. The van der Waals surface area contributed by atoms with Crippen molar-refractivity contribution in [2.24, 2.45) is 17.3 Å². The summed E-state index contributed by atoms with van der Waals surface area (Å²) in [6, 6.07) is 0. The molecule has 1 saturated carbocycles. The van der Waals surface area contributed by atoms with Gasteiger partial charge in [0.1, 0.15) is 0 Å². The largest absolute Gasteiger partial charge is 0.481 e. The number of carbonyl (C=O) groups excluding carboxylic acids is 1. The summed E-state index contributed by atoms with van der Waals surface area (Å²) in [5, 5.41) is 8.89. The first-order valence-corrected chi connectivity index (χ1v) is 6.75. The van der Waals surface area contributed by atoms with Gasteiger partial charge in [0.05, 0.1) is 5.92 Å². The predicted molar refractivity (Wildman–Crippen MR) is 70.2 cm³/mol. The second-order valence-corrected chi connectivity index (χ2v) is 6.13. The van der Waals surface area contributed by atoms with Crippen molar-refractivity contribution >= 4 is 11.9 Å². The maximum Gasteiger partial charge on any atom is 0.308 e. The average Bonchev–Trinajstić information content (AvgIpc) is 2.81. The maximum atomic E-state index is 12.4. The quantitative estimate of drug-likeness (QED) is 0.820. The molecule has 0 saturated heterocycles. The molecular formula is C14H25NO3. The van der Waals surface area contributed by atoms with E-state index in [4.69, 9.17) is 5.11 Å². The van der Waals surface area contributed by atoms with Crippen LogP contribution in [0.1, 0.15) is 46.5 Å². The van der Waals surface area contributed by atoms with Gasteiger partial charge in [-0.3, -0.25) is 9.59 Å². The third kappa shape index (κ3) is 3.24. The lowest BCUT2D eigenvalue weighted by Crippen LogP contribution is -2.44. The number of hydrogen-bond donors (Lipinski definition) is 1. The molecule has 104 valence electrons. The van der Waals surface area contributed by atoms with Gasteiger partial charge in [0.2, 0.25) is 5.91 Å². The third-order valence-corrected chi connectivity index (χ3v) is 4.24. The summed E-state index contributed by atoms with van der Waals surface area (Å²) in [5.74, 6) is -0.860. The van der Waals surface area contributed by atoms with Crippen molar-refractivity contribution in [1.82, 2.24) is 4.90 Å². The monoisotopic (exact) mass is 255 g/mol. The zero-order valence-corrected chi connectivity index (χ0v) is 11.9. The zero-order chi connectivity index (χ0) is 13.9. The van der Waals surface area contributed by atoms with Crippen LogP contribution in [0.2, 0.25) is 0 Å². The first kappa shape index (κ1) is 15.0. The summed E-state index contributed by atoms with van der Waals surface area (Å²) in [6.45, 7) is 5.90. The molecule has 0 radical (unpaired) electrons. The van der Waals surface area contributed by atoms with Crippen molar-refractivity contribution in [3.05, 3.63) is 0 Å². The molecule has 1 unspecified atom stereocenters. The van der Waals surface area contributed by atoms with E-state index in [-0.39, 0.29) is 17.9 Å². The molecule has 0 aliphatic heterocycles. The highest BCUT2D eigenvalue weighted by molar-refractivity contribution is 5.82. The fraction of sp³-hybridized carbons (Fsp3) is 0.857. The van der Waals surface area contributed by atoms with E-state index in [9.17, 15) is 9.59 Å². The Morgan fingerprint density at radius 1 is 1.33 bits per heavy atom. The number of carbonyl (C=O) groups is 2. The lowest BCUT2D eigenvalue weighted by Gasteiger charge is -2.34. The Bertz CT molecular complexity index is 319. The van der Waals surface area contributed by atoms with E-state index in [1.807, 2.05) is 13.8 Å². The lowest BCUT2D eigenvalue weighted by molar-refractivity contribution is -0.146. The van der Waals surface area contributed by atoms with E-state index in [0.717, 1.165) is 12.8 Å². The first-order valence-electron chi connectivity index (χ1n) is 6.75. The Kier molecular flexibility index (Phi) is 4.77. The van der Waals surface area contributed by atoms with Crippen LogP contribution >= 0.6 is 0 Å². The van der Waals surface area contributed by atoms with E-state index >= 15 is 0 Å². The van der Waals surface area contributed by atoms with Crippen LogP contribution in [0, 0.1) is 17.3 Å². The number of hydrogen-bond acceptors (Lipinski definition) is 2. The Labute approximate surface area is 109 Å². The summed E-state index contributed by atoms with van der Waals surface area (Å²) in [7, 11) is 1.71. The number of carboxylic acid groups (broad SMARTS) is 1. The van der Waals surface area contributed by atoms with Crippen molar-refractivity contribution in [3.8, 4) is 0 Å². The predicted octanol–water partition coefficient (Wildman–Crippen LogP) is 2.38. The topological polar surface area (TPSA) is 57.6 Å². The van der Waals surface area contributed by atoms with Crippen LogP contribution < -0.4 is 0 Å². The van der Waals surface area contributed by atoms with Gasteiger partial charge in [0.15, 0.2) is 0 Å². The number of nitrogens with zero attached hydrogens (tertiary/aromatic N) is 1. The van der Waals surface area contributed by atoms with E-state index in [1.165, 1.54) is 12.8 Å². The molecule has 1 rings (SSSR count). The van der Waals surface area contributed by atoms with Gasteiger partial charge in [-0.1, -0.05) is 33.6 Å². The van der Waals surface area contributed by atoms with Crippen LogP contribution in [-0.4, -0.2) is 35.5 Å². The van der Waals surface area contributed by atoms with Crippen LogP contribution in [-0.2, 0) is 9.59 Å². The summed E-state index contributed by atoms with van der Waals surface area (Å²) in [4.78, 5) is 24.8. The molecule has 1 atom stereocenters.